The van der Waals surface area contributed by atoms with Crippen LogP contribution in [0.25, 0.3) is 0 Å². The van der Waals surface area contributed by atoms with Gasteiger partial charge in [-0.2, -0.15) is 0 Å². The zero-order chi connectivity index (χ0) is 63.9. The van der Waals surface area contributed by atoms with Crippen molar-refractivity contribution in [3.63, 3.8) is 0 Å². The van der Waals surface area contributed by atoms with Crippen LogP contribution in [0.5, 0.6) is 0 Å². The van der Waals surface area contributed by atoms with Gasteiger partial charge in [0, 0.05) is 25.7 Å². The van der Waals surface area contributed by atoms with Crippen molar-refractivity contribution in [3.05, 3.63) is 0 Å². The van der Waals surface area contributed by atoms with Gasteiger partial charge in [0.15, 0.2) is 12.2 Å². The van der Waals surface area contributed by atoms with Crippen LogP contribution in [0.4, 0.5) is 0 Å². The molecule has 0 bridgehead atoms. The van der Waals surface area contributed by atoms with Crippen molar-refractivity contribution in [2.24, 2.45) is 23.7 Å². The highest BCUT2D eigenvalue weighted by molar-refractivity contribution is 7.47. The number of carbonyl (C=O) groups is 4. The predicted molar refractivity (Wildman–Crippen MR) is 344 cm³/mol. The molecule has 19 heteroatoms. The fourth-order valence-corrected chi connectivity index (χ4v) is 11.5. The molecule has 0 rings (SSSR count). The molecule has 0 aromatic carbocycles. The van der Waals surface area contributed by atoms with E-state index in [1.54, 1.807) is 0 Å². The SMILES string of the molecule is CC(C)CCCCCCCCCCCCCCCC(=O)OC[C@H](COP(=O)(O)OCC(O)COP(=O)(O)OC[C@@H](COC(=O)CCCCCCCCCC(C)C)OC(=O)CCCCCCCCCCC(C)C)OC(=O)CCCCCCCCC(C)C. The number of phosphoric ester groups is 2. The van der Waals surface area contributed by atoms with Crippen LogP contribution in [0.3, 0.4) is 0 Å². The van der Waals surface area contributed by atoms with Gasteiger partial charge in [-0.25, -0.2) is 9.13 Å². The Bertz CT molecular complexity index is 1710. The zero-order valence-corrected chi connectivity index (χ0v) is 57.7. The maximum Gasteiger partial charge on any atom is 0.472 e. The van der Waals surface area contributed by atoms with Gasteiger partial charge in [-0.1, -0.05) is 274 Å². The number of carbonyl (C=O) groups excluding carboxylic acids is 4. The fraction of sp³-hybridized carbons (Fsp3) is 0.940. The number of aliphatic hydroxyl groups excluding tert-OH is 1. The topological polar surface area (TPSA) is 237 Å². The molecule has 5 atom stereocenters. The molecule has 3 unspecified atom stereocenters. The van der Waals surface area contributed by atoms with Gasteiger partial charge in [-0.3, -0.25) is 37.3 Å². The van der Waals surface area contributed by atoms with Crippen LogP contribution in [0.2, 0.25) is 0 Å². The number of hydrogen-bond donors (Lipinski definition) is 3. The molecule has 510 valence electrons. The molecule has 0 aliphatic carbocycles. The first-order valence-corrected chi connectivity index (χ1v) is 37.7. The van der Waals surface area contributed by atoms with Crippen molar-refractivity contribution >= 4 is 39.5 Å². The first-order valence-electron chi connectivity index (χ1n) is 34.7. The summed E-state index contributed by atoms with van der Waals surface area (Å²) in [6.45, 7) is 13.9. The molecule has 0 spiro atoms. The number of hydrogen-bond acceptors (Lipinski definition) is 15. The summed E-state index contributed by atoms with van der Waals surface area (Å²) in [4.78, 5) is 72.3. The maximum absolute atomic E-state index is 13.0. The van der Waals surface area contributed by atoms with Crippen molar-refractivity contribution in [3.8, 4) is 0 Å². The van der Waals surface area contributed by atoms with E-state index in [0.29, 0.717) is 37.5 Å². The van der Waals surface area contributed by atoms with Crippen molar-refractivity contribution in [1.29, 1.82) is 0 Å². The molecular formula is C67H130O17P2. The minimum atomic E-state index is -4.95. The van der Waals surface area contributed by atoms with E-state index in [9.17, 15) is 43.2 Å². The van der Waals surface area contributed by atoms with Crippen molar-refractivity contribution in [1.82, 2.24) is 0 Å². The summed E-state index contributed by atoms with van der Waals surface area (Å²) in [6.07, 6.45) is 37.9. The number of aliphatic hydroxyl groups is 1. The van der Waals surface area contributed by atoms with E-state index in [4.69, 9.17) is 37.0 Å². The monoisotopic (exact) mass is 1270 g/mol. The van der Waals surface area contributed by atoms with Crippen LogP contribution >= 0.6 is 15.6 Å². The van der Waals surface area contributed by atoms with E-state index in [0.717, 1.165) is 108 Å². The van der Waals surface area contributed by atoms with Gasteiger partial charge >= 0.3 is 39.5 Å². The zero-order valence-electron chi connectivity index (χ0n) is 55.9. The lowest BCUT2D eigenvalue weighted by Gasteiger charge is -2.21. The Balaban J connectivity index is 5.20. The number of ether oxygens (including phenoxy) is 4. The molecule has 86 heavy (non-hydrogen) atoms. The molecule has 0 aromatic heterocycles. The van der Waals surface area contributed by atoms with E-state index in [-0.39, 0.29) is 25.7 Å². The van der Waals surface area contributed by atoms with Crippen LogP contribution in [-0.2, 0) is 65.4 Å². The molecule has 0 heterocycles. The average Bonchev–Trinajstić information content (AvgIpc) is 3.64. The summed E-state index contributed by atoms with van der Waals surface area (Å²) in [6, 6.07) is 0. The Morgan fingerprint density at radius 1 is 0.291 bits per heavy atom. The Morgan fingerprint density at radius 2 is 0.488 bits per heavy atom. The summed E-state index contributed by atoms with van der Waals surface area (Å²) in [5, 5.41) is 10.5. The van der Waals surface area contributed by atoms with E-state index < -0.39 is 97.5 Å². The number of unbranched alkanes of at least 4 members (excludes halogenated alkanes) is 30. The van der Waals surface area contributed by atoms with Gasteiger partial charge in [-0.15, -0.1) is 0 Å². The minimum absolute atomic E-state index is 0.102. The number of phosphoric acid groups is 2. The highest BCUT2D eigenvalue weighted by atomic mass is 31.2. The second kappa shape index (κ2) is 57.0. The fourth-order valence-electron chi connectivity index (χ4n) is 9.96. The van der Waals surface area contributed by atoms with Crippen LogP contribution in [0.1, 0.15) is 325 Å². The summed E-state index contributed by atoms with van der Waals surface area (Å²) in [7, 11) is -9.89. The van der Waals surface area contributed by atoms with E-state index in [1.165, 1.54) is 122 Å². The lowest BCUT2D eigenvalue weighted by Crippen LogP contribution is -2.30. The van der Waals surface area contributed by atoms with Gasteiger partial charge < -0.3 is 33.8 Å². The standard InChI is InChI=1S/C67H130O17P2/c1-57(2)43-35-27-19-14-12-10-9-11-13-15-22-31-39-47-64(69)77-54-63(84-67(72)50-42-34-26-25-30-38-46-60(7)8)56-82-86(75,76)80-52-61(68)51-79-85(73,74)81-55-62(53-78-65(70)48-40-32-24-18-21-29-37-45-59(5)6)83-66(71)49-41-33-23-17-16-20-28-36-44-58(3)4/h57-63,68H,9-56H2,1-8H3,(H,73,74)(H,75,76)/t61?,62-,63-/m1/s1. The normalized spacial score (nSPS) is 14.4. The molecule has 0 amide bonds. The second-order valence-corrected chi connectivity index (χ2v) is 29.0. The van der Waals surface area contributed by atoms with Crippen LogP contribution in [0.15, 0.2) is 0 Å². The van der Waals surface area contributed by atoms with Crippen molar-refractivity contribution in [2.45, 2.75) is 343 Å². The third-order valence-electron chi connectivity index (χ3n) is 15.3. The van der Waals surface area contributed by atoms with Crippen LogP contribution in [0, 0.1) is 23.7 Å². The van der Waals surface area contributed by atoms with Crippen LogP contribution in [-0.4, -0.2) is 96.7 Å². The molecule has 0 aromatic rings. The third-order valence-corrected chi connectivity index (χ3v) is 17.2. The van der Waals surface area contributed by atoms with Crippen molar-refractivity contribution in [2.75, 3.05) is 39.6 Å². The smallest absolute Gasteiger partial charge is 0.462 e. The maximum atomic E-state index is 13.0. The van der Waals surface area contributed by atoms with E-state index in [1.807, 2.05) is 0 Å². The van der Waals surface area contributed by atoms with Crippen LogP contribution < -0.4 is 0 Å². The molecule has 0 saturated carbocycles. The quantitative estimate of drug-likeness (QED) is 0.0222. The predicted octanol–water partition coefficient (Wildman–Crippen LogP) is 18.5. The van der Waals surface area contributed by atoms with Gasteiger partial charge in [0.25, 0.3) is 0 Å². The highest BCUT2D eigenvalue weighted by Gasteiger charge is 2.30. The Kier molecular flexibility index (Phi) is 55.7. The van der Waals surface area contributed by atoms with Gasteiger partial charge in [0.2, 0.25) is 0 Å². The Hall–Kier alpha value is -1.94. The number of esters is 4. The van der Waals surface area contributed by atoms with Gasteiger partial charge in [0.05, 0.1) is 26.4 Å². The molecular weight excluding hydrogens is 1140 g/mol. The second-order valence-electron chi connectivity index (χ2n) is 26.1. The largest absolute Gasteiger partial charge is 0.472 e. The minimum Gasteiger partial charge on any atom is -0.462 e. The summed E-state index contributed by atoms with van der Waals surface area (Å²) in [5.74, 6) is 0.744. The Labute approximate surface area is 524 Å². The lowest BCUT2D eigenvalue weighted by molar-refractivity contribution is -0.161. The average molecular weight is 1270 g/mol. The molecule has 0 aliphatic rings. The third kappa shape index (κ3) is 60.9. The van der Waals surface area contributed by atoms with E-state index >= 15 is 0 Å². The number of rotatable bonds is 64. The molecule has 0 aliphatic heterocycles. The Morgan fingerprint density at radius 3 is 0.721 bits per heavy atom. The molecule has 0 radical (unpaired) electrons. The lowest BCUT2D eigenvalue weighted by atomic mass is 10.0. The first-order chi connectivity index (χ1) is 41.1. The van der Waals surface area contributed by atoms with E-state index in [2.05, 4.69) is 55.4 Å². The van der Waals surface area contributed by atoms with Crippen molar-refractivity contribution < 1.29 is 80.2 Å². The molecule has 0 fully saturated rings. The van der Waals surface area contributed by atoms with Gasteiger partial charge in [-0.05, 0) is 49.4 Å². The highest BCUT2D eigenvalue weighted by Crippen LogP contribution is 2.45. The van der Waals surface area contributed by atoms with Gasteiger partial charge in [0.1, 0.15) is 19.3 Å². The summed E-state index contributed by atoms with van der Waals surface area (Å²) in [5.41, 5.74) is 0. The summed E-state index contributed by atoms with van der Waals surface area (Å²) < 4.78 is 68.1. The molecule has 3 N–H and O–H groups in total. The first kappa shape index (κ1) is 84.1. The molecule has 17 nitrogen and oxygen atoms in total. The molecule has 0 saturated heterocycles. The summed E-state index contributed by atoms with van der Waals surface area (Å²) >= 11 is 0.